The first-order valence-corrected chi connectivity index (χ1v) is 18.3. The minimum atomic E-state index is -0.407. The van der Waals surface area contributed by atoms with Gasteiger partial charge in [-0.15, -0.1) is 11.3 Å². The predicted molar refractivity (Wildman–Crippen MR) is 213 cm³/mol. The fourth-order valence-electron chi connectivity index (χ4n) is 7.94. The predicted octanol–water partition coefficient (Wildman–Crippen LogP) is 11.8. The fraction of sp³-hybridized carbons (Fsp3) is 0.200. The van der Waals surface area contributed by atoms with Gasteiger partial charge in [0.25, 0.3) is 0 Å². The second kappa shape index (κ2) is 11.2. The van der Waals surface area contributed by atoms with Crippen LogP contribution in [0.1, 0.15) is 52.7 Å². The first-order chi connectivity index (χ1) is 24.0. The summed E-state index contributed by atoms with van der Waals surface area (Å²) in [7, 11) is -0.407. The molecule has 6 aromatic carbocycles. The molecule has 3 nitrogen and oxygen atoms in total. The lowest BCUT2D eigenvalue weighted by Gasteiger charge is -2.32. The Morgan fingerprint density at radius 1 is 0.540 bits per heavy atom. The van der Waals surface area contributed by atoms with Crippen LogP contribution in [-0.4, -0.2) is 18.3 Å². The molecule has 1 aliphatic heterocycles. The number of hydrogen-bond acceptors (Lipinski definition) is 4. The zero-order chi connectivity index (χ0) is 34.4. The van der Waals surface area contributed by atoms with E-state index in [0.717, 1.165) is 16.8 Å². The Morgan fingerprint density at radius 2 is 1.16 bits per heavy atom. The molecule has 0 amide bonds. The third kappa shape index (κ3) is 4.79. The first kappa shape index (κ1) is 31.3. The fourth-order valence-corrected chi connectivity index (χ4v) is 9.00. The van der Waals surface area contributed by atoms with Crippen molar-refractivity contribution in [2.24, 2.45) is 0 Å². The number of hydrogen-bond donors (Lipinski definition) is 0. The zero-order valence-corrected chi connectivity index (χ0v) is 30.3. The molecule has 246 valence electrons. The molecule has 0 bridgehead atoms. The highest BCUT2D eigenvalue weighted by Gasteiger charge is 2.51. The van der Waals surface area contributed by atoms with E-state index in [1.54, 1.807) is 0 Å². The summed E-state index contributed by atoms with van der Waals surface area (Å²) >= 11 is 1.84. The molecule has 1 aliphatic carbocycles. The Hall–Kier alpha value is -4.68. The van der Waals surface area contributed by atoms with E-state index in [2.05, 4.69) is 180 Å². The molecule has 7 aromatic rings. The van der Waals surface area contributed by atoms with Crippen molar-refractivity contribution in [3.8, 4) is 22.3 Å². The first-order valence-electron chi connectivity index (χ1n) is 17.5. The molecule has 9 rings (SSSR count). The summed E-state index contributed by atoms with van der Waals surface area (Å²) in [6.45, 7) is 13.2. The smallest absolute Gasteiger partial charge is 0.399 e. The monoisotopic (exact) mass is 669 g/mol. The van der Waals surface area contributed by atoms with E-state index in [1.807, 2.05) is 11.3 Å². The van der Waals surface area contributed by atoms with Crippen LogP contribution in [0, 0.1) is 0 Å². The van der Waals surface area contributed by atoms with Crippen LogP contribution in [0.4, 0.5) is 17.1 Å². The standard InChI is InChI=1S/C45H40BNO2S/c1-43(2)38-20-11-10-18-34(38)35-19-13-21-39(42(35)43)47(32-17-12-16-30(26-32)29-14-8-7-9-15-29)33-23-25-41-37(28-33)36-27-31(22-24-40(36)50-41)46-48-44(3,4)45(5,6)49-46/h7-28H,1-6H3. The molecule has 1 saturated heterocycles. The van der Waals surface area contributed by atoms with Crippen molar-refractivity contribution < 1.29 is 9.31 Å². The Labute approximate surface area is 299 Å². The maximum absolute atomic E-state index is 6.47. The van der Waals surface area contributed by atoms with Crippen LogP contribution in [0.5, 0.6) is 0 Å². The number of nitrogens with zero attached hydrogens (tertiary/aromatic N) is 1. The molecule has 0 radical (unpaired) electrons. The summed E-state index contributed by atoms with van der Waals surface area (Å²) in [5, 5.41) is 2.46. The quantitative estimate of drug-likeness (QED) is 0.170. The maximum atomic E-state index is 6.47. The molecule has 5 heteroatoms. The molecule has 0 saturated carbocycles. The van der Waals surface area contributed by atoms with E-state index >= 15 is 0 Å². The van der Waals surface area contributed by atoms with Crippen molar-refractivity contribution in [2.75, 3.05) is 4.90 Å². The van der Waals surface area contributed by atoms with Crippen molar-refractivity contribution in [1.29, 1.82) is 0 Å². The Bertz CT molecular complexity index is 2430. The van der Waals surface area contributed by atoms with Crippen molar-refractivity contribution in [3.05, 3.63) is 145 Å². The van der Waals surface area contributed by atoms with Gasteiger partial charge in [0.15, 0.2) is 0 Å². The van der Waals surface area contributed by atoms with E-state index in [-0.39, 0.29) is 5.41 Å². The van der Waals surface area contributed by atoms with Crippen molar-refractivity contribution >= 4 is 61.2 Å². The summed E-state index contributed by atoms with van der Waals surface area (Å²) in [6, 6.07) is 49.0. The van der Waals surface area contributed by atoms with Gasteiger partial charge in [-0.3, -0.25) is 0 Å². The van der Waals surface area contributed by atoms with Gasteiger partial charge in [0, 0.05) is 37.0 Å². The van der Waals surface area contributed by atoms with Gasteiger partial charge in [-0.2, -0.15) is 0 Å². The molecule has 2 heterocycles. The van der Waals surface area contributed by atoms with E-state index < -0.39 is 18.3 Å². The van der Waals surface area contributed by atoms with Gasteiger partial charge in [-0.25, -0.2) is 0 Å². The summed E-state index contributed by atoms with van der Waals surface area (Å²) < 4.78 is 15.5. The highest BCUT2D eigenvalue weighted by molar-refractivity contribution is 7.25. The average Bonchev–Trinajstić information content (AvgIpc) is 3.68. The molecule has 1 fully saturated rings. The van der Waals surface area contributed by atoms with Crippen LogP contribution in [0.15, 0.2) is 133 Å². The van der Waals surface area contributed by atoms with Gasteiger partial charge in [0.05, 0.1) is 16.9 Å². The third-order valence-electron chi connectivity index (χ3n) is 11.3. The minimum absolute atomic E-state index is 0.172. The lowest BCUT2D eigenvalue weighted by Crippen LogP contribution is -2.41. The van der Waals surface area contributed by atoms with Crippen molar-refractivity contribution in [1.82, 2.24) is 0 Å². The van der Waals surface area contributed by atoms with Crippen LogP contribution in [0.2, 0.25) is 0 Å². The molecule has 0 N–H and O–H groups in total. The Morgan fingerprint density at radius 3 is 1.94 bits per heavy atom. The largest absolute Gasteiger partial charge is 0.494 e. The van der Waals surface area contributed by atoms with Gasteiger partial charge < -0.3 is 14.2 Å². The van der Waals surface area contributed by atoms with Crippen LogP contribution in [-0.2, 0) is 14.7 Å². The Balaban J connectivity index is 1.24. The topological polar surface area (TPSA) is 21.7 Å². The lowest BCUT2D eigenvalue weighted by molar-refractivity contribution is 0.00578. The number of anilines is 3. The van der Waals surface area contributed by atoms with Crippen LogP contribution in [0.3, 0.4) is 0 Å². The SMILES string of the molecule is CC1(C)c2ccccc2-c2cccc(N(c3cccc(-c4ccccc4)c3)c3ccc4sc5ccc(B6OC(C)(C)C(C)(C)O6)cc5c4c3)c21. The van der Waals surface area contributed by atoms with Crippen LogP contribution < -0.4 is 10.4 Å². The normalized spacial score (nSPS) is 16.9. The lowest BCUT2D eigenvalue weighted by atomic mass is 9.78. The molecular formula is C45H40BNO2S. The zero-order valence-electron chi connectivity index (χ0n) is 29.5. The van der Waals surface area contributed by atoms with E-state index in [1.165, 1.54) is 59.2 Å². The number of rotatable bonds is 5. The molecule has 0 spiro atoms. The van der Waals surface area contributed by atoms with E-state index in [0.29, 0.717) is 0 Å². The van der Waals surface area contributed by atoms with Gasteiger partial charge >= 0.3 is 7.12 Å². The molecule has 0 unspecified atom stereocenters. The molecule has 1 aromatic heterocycles. The molecule has 50 heavy (non-hydrogen) atoms. The Kier molecular flexibility index (Phi) is 6.99. The van der Waals surface area contributed by atoms with Crippen LogP contribution >= 0.6 is 11.3 Å². The second-order valence-electron chi connectivity index (χ2n) is 15.2. The van der Waals surface area contributed by atoms with Crippen molar-refractivity contribution in [3.63, 3.8) is 0 Å². The second-order valence-corrected chi connectivity index (χ2v) is 16.3. The molecule has 2 aliphatic rings. The van der Waals surface area contributed by atoms with E-state index in [4.69, 9.17) is 9.31 Å². The number of thiophene rings is 1. The van der Waals surface area contributed by atoms with E-state index in [9.17, 15) is 0 Å². The maximum Gasteiger partial charge on any atom is 0.494 e. The summed E-state index contributed by atoms with van der Waals surface area (Å²) in [5.41, 5.74) is 11.3. The van der Waals surface area contributed by atoms with Gasteiger partial charge in [0.1, 0.15) is 0 Å². The third-order valence-corrected chi connectivity index (χ3v) is 12.4. The van der Waals surface area contributed by atoms with Gasteiger partial charge in [-0.05, 0) is 109 Å². The van der Waals surface area contributed by atoms with Crippen LogP contribution in [0.25, 0.3) is 42.4 Å². The number of fused-ring (bicyclic) bond motifs is 6. The highest BCUT2D eigenvalue weighted by atomic mass is 32.1. The van der Waals surface area contributed by atoms with Gasteiger partial charge in [-0.1, -0.05) is 105 Å². The minimum Gasteiger partial charge on any atom is -0.399 e. The molecular weight excluding hydrogens is 629 g/mol. The number of benzene rings is 6. The highest BCUT2D eigenvalue weighted by Crippen LogP contribution is 2.54. The van der Waals surface area contributed by atoms with Gasteiger partial charge in [0.2, 0.25) is 0 Å². The van der Waals surface area contributed by atoms with Crippen molar-refractivity contribution in [2.45, 2.75) is 58.2 Å². The molecule has 0 atom stereocenters. The summed E-state index contributed by atoms with van der Waals surface area (Å²) in [4.78, 5) is 2.47. The summed E-state index contributed by atoms with van der Waals surface area (Å²) in [5.74, 6) is 0. The summed E-state index contributed by atoms with van der Waals surface area (Å²) in [6.07, 6.45) is 0. The average molecular weight is 670 g/mol.